The lowest BCUT2D eigenvalue weighted by Gasteiger charge is -2.43. The van der Waals surface area contributed by atoms with Crippen molar-refractivity contribution in [3.05, 3.63) is 46.5 Å². The molecule has 0 radical (unpaired) electrons. The zero-order valence-corrected chi connectivity index (χ0v) is 27.3. The Labute approximate surface area is 262 Å². The third-order valence-corrected chi connectivity index (χ3v) is 9.94. The molecule has 240 valence electrons. The minimum absolute atomic E-state index is 0.122. The minimum Gasteiger partial charge on any atom is -0.504 e. The van der Waals surface area contributed by atoms with Crippen LogP contribution in [0.15, 0.2) is 24.3 Å². The number of rotatable bonds is 6. The monoisotopic (exact) mass is 606 g/mol. The Bertz CT molecular complexity index is 1270. The molecule has 0 unspecified atom stereocenters. The van der Waals surface area contributed by atoms with Crippen molar-refractivity contribution in [1.29, 1.82) is 0 Å². The number of hydrogen-bond acceptors (Lipinski definition) is 8. The lowest BCUT2D eigenvalue weighted by Crippen LogP contribution is -2.46. The summed E-state index contributed by atoms with van der Waals surface area (Å²) in [5, 5.41) is 20.1. The Kier molecular flexibility index (Phi) is 9.90. The molecule has 8 heteroatoms. The van der Waals surface area contributed by atoms with E-state index in [4.69, 9.17) is 9.47 Å². The van der Waals surface area contributed by atoms with Gasteiger partial charge in [-0.25, -0.2) is 0 Å². The first-order chi connectivity index (χ1) is 21.0. The van der Waals surface area contributed by atoms with Crippen LogP contribution >= 0.6 is 0 Å². The second kappa shape index (κ2) is 13.5. The highest BCUT2D eigenvalue weighted by Crippen LogP contribution is 2.43. The summed E-state index contributed by atoms with van der Waals surface area (Å²) < 4.78 is 10.4. The SMILES string of the molecule is COc1cc2c(cc1O)[C@@H]1CC(=O)[C@@H](CC(C)C)CN1CC2.COc1cc2c(cc1O)[C@H]1CC(=O)[C@H](CC(C)C)CN1CC2. The van der Waals surface area contributed by atoms with E-state index in [1.807, 2.05) is 12.1 Å². The number of carbonyl (C=O) groups is 2. The van der Waals surface area contributed by atoms with Crippen LogP contribution in [-0.4, -0.2) is 72.0 Å². The van der Waals surface area contributed by atoms with Gasteiger partial charge in [-0.05, 0) is 84.0 Å². The number of Topliss-reactive ketones (excluding diaryl/α,β-unsaturated/α-hetero) is 2. The van der Waals surface area contributed by atoms with Gasteiger partial charge in [-0.1, -0.05) is 27.7 Å². The van der Waals surface area contributed by atoms with Crippen molar-refractivity contribution < 1.29 is 29.3 Å². The molecule has 4 aliphatic rings. The number of fused-ring (bicyclic) bond motifs is 6. The molecule has 2 aromatic rings. The first kappa shape index (κ1) is 32.3. The van der Waals surface area contributed by atoms with Crippen LogP contribution in [0.5, 0.6) is 23.0 Å². The Morgan fingerprint density at radius 2 is 1.09 bits per heavy atom. The van der Waals surface area contributed by atoms with Crippen molar-refractivity contribution in [3.8, 4) is 23.0 Å². The normalized spacial score (nSPS) is 25.0. The van der Waals surface area contributed by atoms with E-state index in [1.54, 1.807) is 26.4 Å². The van der Waals surface area contributed by atoms with Crippen LogP contribution in [-0.2, 0) is 22.4 Å². The number of methoxy groups -OCH3 is 2. The van der Waals surface area contributed by atoms with Crippen molar-refractivity contribution in [2.45, 2.75) is 78.3 Å². The molecule has 4 atom stereocenters. The molecule has 0 aromatic heterocycles. The van der Waals surface area contributed by atoms with Gasteiger partial charge in [0.2, 0.25) is 0 Å². The summed E-state index contributed by atoms with van der Waals surface area (Å²) in [5.74, 6) is 3.57. The largest absolute Gasteiger partial charge is 0.504 e. The molecule has 0 aliphatic carbocycles. The van der Waals surface area contributed by atoms with Gasteiger partial charge in [0.05, 0.1) is 14.2 Å². The number of phenols is 2. The number of carbonyl (C=O) groups excluding carboxylic acids is 2. The van der Waals surface area contributed by atoms with Gasteiger partial charge in [0.1, 0.15) is 11.6 Å². The third kappa shape index (κ3) is 6.76. The number of aromatic hydroxyl groups is 2. The second-order valence-electron chi connectivity index (χ2n) is 14.0. The second-order valence-corrected chi connectivity index (χ2v) is 14.0. The van der Waals surface area contributed by atoms with Crippen LogP contribution in [0.4, 0.5) is 0 Å². The van der Waals surface area contributed by atoms with Gasteiger partial charge >= 0.3 is 0 Å². The highest BCUT2D eigenvalue weighted by molar-refractivity contribution is 5.83. The summed E-state index contributed by atoms with van der Waals surface area (Å²) in [5.41, 5.74) is 4.60. The Morgan fingerprint density at radius 1 is 0.705 bits per heavy atom. The van der Waals surface area contributed by atoms with E-state index in [1.165, 1.54) is 11.1 Å². The predicted molar refractivity (Wildman–Crippen MR) is 170 cm³/mol. The standard InChI is InChI=1S/2C18H25NO3/c2*1-11(2)6-13-10-19-5-4-12-7-18(22-3)17(21)8-14(12)15(19)9-16(13)20/h2*7-8,11,13,15,21H,4-6,9-10H2,1-3H3/t2*13-,15-/m10/s1. The zero-order valence-electron chi connectivity index (χ0n) is 27.3. The molecular formula is C36H50N2O6. The number of benzene rings is 2. The molecule has 2 aromatic carbocycles. The molecule has 44 heavy (non-hydrogen) atoms. The molecule has 2 N–H and O–H groups in total. The van der Waals surface area contributed by atoms with E-state index >= 15 is 0 Å². The van der Waals surface area contributed by atoms with Crippen LogP contribution in [0.1, 0.15) is 87.7 Å². The van der Waals surface area contributed by atoms with Gasteiger partial charge in [0, 0.05) is 62.9 Å². The summed E-state index contributed by atoms with van der Waals surface area (Å²) in [6.07, 6.45) is 4.98. The highest BCUT2D eigenvalue weighted by Gasteiger charge is 2.39. The first-order valence-electron chi connectivity index (χ1n) is 16.3. The number of nitrogens with zero attached hydrogens (tertiary/aromatic N) is 2. The van der Waals surface area contributed by atoms with Gasteiger partial charge in [-0.3, -0.25) is 19.4 Å². The predicted octanol–water partition coefficient (Wildman–Crippen LogP) is 5.87. The fourth-order valence-electron chi connectivity index (χ4n) is 7.82. The van der Waals surface area contributed by atoms with Crippen molar-refractivity contribution in [3.63, 3.8) is 0 Å². The van der Waals surface area contributed by atoms with Crippen molar-refractivity contribution in [2.75, 3.05) is 40.4 Å². The van der Waals surface area contributed by atoms with Crippen LogP contribution in [0.2, 0.25) is 0 Å². The number of hydrogen-bond donors (Lipinski definition) is 2. The van der Waals surface area contributed by atoms with Gasteiger partial charge < -0.3 is 19.7 Å². The van der Waals surface area contributed by atoms with Gasteiger partial charge in [0.25, 0.3) is 0 Å². The van der Waals surface area contributed by atoms with Crippen LogP contribution in [0, 0.1) is 23.7 Å². The average Bonchev–Trinajstić information content (AvgIpc) is 2.97. The van der Waals surface area contributed by atoms with Crippen LogP contribution in [0.3, 0.4) is 0 Å². The molecule has 6 rings (SSSR count). The number of ketones is 2. The van der Waals surface area contributed by atoms with E-state index in [2.05, 4.69) is 37.5 Å². The fraction of sp³-hybridized carbons (Fsp3) is 0.611. The Hall–Kier alpha value is -3.10. The quantitative estimate of drug-likeness (QED) is 0.421. The highest BCUT2D eigenvalue weighted by atomic mass is 16.5. The number of ether oxygens (including phenoxy) is 2. The summed E-state index contributed by atoms with van der Waals surface area (Å²) in [6.45, 7) is 12.4. The van der Waals surface area contributed by atoms with E-state index in [-0.39, 0.29) is 35.4 Å². The number of piperidine rings is 2. The molecule has 0 saturated carbocycles. The molecule has 8 nitrogen and oxygen atoms in total. The van der Waals surface area contributed by atoms with E-state index < -0.39 is 0 Å². The molecule has 0 spiro atoms. The smallest absolute Gasteiger partial charge is 0.160 e. The summed E-state index contributed by atoms with van der Waals surface area (Å²) in [7, 11) is 3.13. The van der Waals surface area contributed by atoms with E-state index in [0.717, 1.165) is 63.0 Å². The molecule has 4 aliphatic heterocycles. The maximum Gasteiger partial charge on any atom is 0.160 e. The first-order valence-corrected chi connectivity index (χ1v) is 16.3. The summed E-state index contributed by atoms with van der Waals surface area (Å²) >= 11 is 0. The Balaban J connectivity index is 0.000000175. The Morgan fingerprint density at radius 3 is 1.43 bits per heavy atom. The zero-order chi connectivity index (χ0) is 31.7. The molecular weight excluding hydrogens is 556 g/mol. The lowest BCUT2D eigenvalue weighted by molar-refractivity contribution is -0.130. The molecule has 0 bridgehead atoms. The maximum absolute atomic E-state index is 12.5. The molecule has 2 saturated heterocycles. The summed E-state index contributed by atoms with van der Waals surface area (Å²) in [6, 6.07) is 7.68. The lowest BCUT2D eigenvalue weighted by atomic mass is 9.80. The molecule has 2 fully saturated rings. The van der Waals surface area contributed by atoms with Gasteiger partial charge in [-0.15, -0.1) is 0 Å². The van der Waals surface area contributed by atoms with Crippen LogP contribution < -0.4 is 9.47 Å². The van der Waals surface area contributed by atoms with Gasteiger partial charge in [0.15, 0.2) is 23.0 Å². The average molecular weight is 607 g/mol. The van der Waals surface area contributed by atoms with Crippen molar-refractivity contribution >= 4 is 11.6 Å². The van der Waals surface area contributed by atoms with E-state index in [9.17, 15) is 19.8 Å². The van der Waals surface area contributed by atoms with Gasteiger partial charge in [-0.2, -0.15) is 0 Å². The topological polar surface area (TPSA) is 99.5 Å². The van der Waals surface area contributed by atoms with Crippen molar-refractivity contribution in [1.82, 2.24) is 9.80 Å². The van der Waals surface area contributed by atoms with E-state index in [0.29, 0.717) is 47.7 Å². The minimum atomic E-state index is 0.122. The maximum atomic E-state index is 12.5. The number of phenolic OH excluding ortho intramolecular Hbond substituents is 2. The third-order valence-electron chi connectivity index (χ3n) is 9.94. The van der Waals surface area contributed by atoms with Crippen molar-refractivity contribution in [2.24, 2.45) is 23.7 Å². The summed E-state index contributed by atoms with van der Waals surface area (Å²) in [4.78, 5) is 29.8. The molecule has 0 amide bonds. The van der Waals surface area contributed by atoms with Crippen LogP contribution in [0.25, 0.3) is 0 Å². The fourth-order valence-corrected chi connectivity index (χ4v) is 7.82. The molecule has 4 heterocycles.